The summed E-state index contributed by atoms with van der Waals surface area (Å²) in [5.74, 6) is 1.77. The number of ether oxygens (including phenoxy) is 2. The van der Waals surface area contributed by atoms with Crippen molar-refractivity contribution in [2.75, 3.05) is 14.2 Å². The molecule has 0 spiro atoms. The summed E-state index contributed by atoms with van der Waals surface area (Å²) in [5.41, 5.74) is 0.871. The highest BCUT2D eigenvalue weighted by Crippen LogP contribution is 2.31. The fourth-order valence-corrected chi connectivity index (χ4v) is 4.20. The number of hydrogen-bond donors (Lipinski definition) is 2. The van der Waals surface area contributed by atoms with E-state index in [4.69, 9.17) is 13.9 Å². The lowest BCUT2D eigenvalue weighted by Crippen LogP contribution is -2.45. The number of amides is 2. The topological polar surface area (TPSA) is 96.8 Å². The van der Waals surface area contributed by atoms with Gasteiger partial charge in [0.05, 0.1) is 39.1 Å². The summed E-state index contributed by atoms with van der Waals surface area (Å²) in [7, 11) is 3.12. The minimum atomic E-state index is -0.250. The van der Waals surface area contributed by atoms with Gasteiger partial charge in [0.15, 0.2) is 11.5 Å². The maximum absolute atomic E-state index is 13.1. The molecule has 3 aromatic rings. The summed E-state index contributed by atoms with van der Waals surface area (Å²) in [4.78, 5) is 30.5. The SMILES string of the molecule is COc1cc2cc(CN(Cc3ccco3)C(=O)NC3CCCCC3)c(=O)[nH]c2cc1OC. The van der Waals surface area contributed by atoms with Gasteiger partial charge in [-0.25, -0.2) is 4.79 Å². The van der Waals surface area contributed by atoms with Crippen molar-refractivity contribution in [2.45, 2.75) is 51.2 Å². The number of methoxy groups -OCH3 is 2. The Hall–Kier alpha value is -3.42. The normalized spacial score (nSPS) is 14.3. The summed E-state index contributed by atoms with van der Waals surface area (Å²) in [6.07, 6.45) is 7.01. The molecule has 1 fully saturated rings. The number of urea groups is 1. The number of aromatic nitrogens is 1. The van der Waals surface area contributed by atoms with Crippen LogP contribution in [0, 0.1) is 0 Å². The predicted molar refractivity (Wildman–Crippen MR) is 121 cm³/mol. The van der Waals surface area contributed by atoms with E-state index in [2.05, 4.69) is 10.3 Å². The number of carbonyl (C=O) groups excluding carboxylic acids is 1. The monoisotopic (exact) mass is 439 g/mol. The molecule has 32 heavy (non-hydrogen) atoms. The third kappa shape index (κ3) is 4.90. The first-order valence-electron chi connectivity index (χ1n) is 10.9. The second kappa shape index (κ2) is 9.80. The van der Waals surface area contributed by atoms with Crippen molar-refractivity contribution in [1.82, 2.24) is 15.2 Å². The van der Waals surface area contributed by atoms with Crippen LogP contribution in [0.3, 0.4) is 0 Å². The van der Waals surface area contributed by atoms with Crippen LogP contribution < -0.4 is 20.3 Å². The number of aromatic amines is 1. The van der Waals surface area contributed by atoms with Crippen molar-refractivity contribution >= 4 is 16.9 Å². The molecule has 0 aliphatic heterocycles. The minimum absolute atomic E-state index is 0.152. The Morgan fingerprint density at radius 2 is 1.88 bits per heavy atom. The van der Waals surface area contributed by atoms with Crippen LogP contribution in [0.2, 0.25) is 0 Å². The molecule has 1 saturated carbocycles. The first-order chi connectivity index (χ1) is 15.6. The molecule has 0 atom stereocenters. The quantitative estimate of drug-likeness (QED) is 0.576. The Balaban J connectivity index is 1.61. The highest BCUT2D eigenvalue weighted by molar-refractivity contribution is 5.83. The summed E-state index contributed by atoms with van der Waals surface area (Å²) in [6, 6.07) is 8.92. The van der Waals surface area contributed by atoms with Gasteiger partial charge in [-0.15, -0.1) is 0 Å². The second-order valence-electron chi connectivity index (χ2n) is 8.14. The van der Waals surface area contributed by atoms with Gasteiger partial charge in [0.25, 0.3) is 5.56 Å². The van der Waals surface area contributed by atoms with Crippen molar-refractivity contribution in [3.05, 3.63) is 58.3 Å². The molecule has 1 aliphatic carbocycles. The molecule has 0 bridgehead atoms. The van der Waals surface area contributed by atoms with Crippen LogP contribution >= 0.6 is 0 Å². The third-order valence-corrected chi connectivity index (χ3v) is 5.93. The van der Waals surface area contributed by atoms with Gasteiger partial charge in [-0.3, -0.25) is 4.79 Å². The maximum Gasteiger partial charge on any atom is 0.318 e. The number of nitrogens with one attached hydrogen (secondary N) is 2. The van der Waals surface area contributed by atoms with Crippen LogP contribution in [0.15, 0.2) is 45.8 Å². The van der Waals surface area contributed by atoms with E-state index in [1.54, 1.807) is 43.6 Å². The van der Waals surface area contributed by atoms with Crippen molar-refractivity contribution in [3.63, 3.8) is 0 Å². The van der Waals surface area contributed by atoms with Gasteiger partial charge in [-0.1, -0.05) is 19.3 Å². The zero-order valence-electron chi connectivity index (χ0n) is 18.5. The maximum atomic E-state index is 13.1. The van der Waals surface area contributed by atoms with Gasteiger partial charge in [0.1, 0.15) is 5.76 Å². The van der Waals surface area contributed by atoms with Crippen molar-refractivity contribution in [3.8, 4) is 11.5 Å². The number of hydrogen-bond acceptors (Lipinski definition) is 5. The molecule has 2 amide bonds. The molecule has 4 rings (SSSR count). The fraction of sp³-hybridized carbons (Fsp3) is 0.417. The molecule has 0 saturated heterocycles. The summed E-state index contributed by atoms with van der Waals surface area (Å²) in [6.45, 7) is 0.424. The molecule has 0 radical (unpaired) electrons. The van der Waals surface area contributed by atoms with E-state index in [9.17, 15) is 9.59 Å². The smallest absolute Gasteiger partial charge is 0.318 e. The van der Waals surface area contributed by atoms with Crippen LogP contribution in [-0.2, 0) is 13.1 Å². The number of furan rings is 1. The van der Waals surface area contributed by atoms with Crippen molar-refractivity contribution in [1.29, 1.82) is 0 Å². The number of carbonyl (C=O) groups is 1. The zero-order valence-corrected chi connectivity index (χ0v) is 18.5. The Bertz CT molecular complexity index is 1120. The van der Waals surface area contributed by atoms with E-state index in [0.29, 0.717) is 28.3 Å². The zero-order chi connectivity index (χ0) is 22.5. The molecule has 0 unspecified atom stereocenters. The predicted octanol–water partition coefficient (Wildman–Crippen LogP) is 4.18. The van der Waals surface area contributed by atoms with Gasteiger partial charge in [0, 0.05) is 23.1 Å². The van der Waals surface area contributed by atoms with E-state index < -0.39 is 0 Å². The number of H-pyrrole nitrogens is 1. The first kappa shape index (κ1) is 21.8. The van der Waals surface area contributed by atoms with Crippen molar-refractivity contribution in [2.24, 2.45) is 0 Å². The number of rotatable bonds is 7. The Morgan fingerprint density at radius 1 is 1.12 bits per heavy atom. The second-order valence-corrected chi connectivity index (χ2v) is 8.14. The average molecular weight is 440 g/mol. The molecule has 1 aliphatic rings. The van der Waals surface area contributed by atoms with E-state index in [1.807, 2.05) is 12.1 Å². The molecular formula is C24H29N3O5. The number of benzene rings is 1. The molecule has 170 valence electrons. The van der Waals surface area contributed by atoms with Crippen LogP contribution in [0.5, 0.6) is 11.5 Å². The summed E-state index contributed by atoms with van der Waals surface area (Å²) >= 11 is 0. The molecule has 2 aromatic heterocycles. The van der Waals surface area contributed by atoms with E-state index in [0.717, 1.165) is 31.1 Å². The van der Waals surface area contributed by atoms with Crippen LogP contribution in [0.1, 0.15) is 43.4 Å². The average Bonchev–Trinajstić information content (AvgIpc) is 3.32. The van der Waals surface area contributed by atoms with Crippen molar-refractivity contribution < 1.29 is 18.7 Å². The lowest BCUT2D eigenvalue weighted by molar-refractivity contribution is 0.179. The lowest BCUT2D eigenvalue weighted by atomic mass is 9.96. The Kier molecular flexibility index (Phi) is 6.68. The first-order valence-corrected chi connectivity index (χ1v) is 10.9. The molecule has 8 heteroatoms. The van der Waals surface area contributed by atoms with Gasteiger partial charge in [-0.2, -0.15) is 0 Å². The minimum Gasteiger partial charge on any atom is -0.493 e. The van der Waals surface area contributed by atoms with Gasteiger partial charge >= 0.3 is 6.03 Å². The van der Waals surface area contributed by atoms with Crippen LogP contribution in [-0.4, -0.2) is 36.2 Å². The van der Waals surface area contributed by atoms with E-state index >= 15 is 0 Å². The number of fused-ring (bicyclic) bond motifs is 1. The molecule has 2 N–H and O–H groups in total. The standard InChI is InChI=1S/C24H29N3O5/c1-30-21-12-16-11-17(23(28)26-20(16)13-22(21)31-2)14-27(15-19-9-6-10-32-19)24(29)25-18-7-4-3-5-8-18/h6,9-13,18H,3-5,7-8,14-15H2,1-2H3,(H,25,29)(H,26,28). The molecular weight excluding hydrogens is 410 g/mol. The number of nitrogens with zero attached hydrogens (tertiary/aromatic N) is 1. The highest BCUT2D eigenvalue weighted by atomic mass is 16.5. The molecule has 1 aromatic carbocycles. The third-order valence-electron chi connectivity index (χ3n) is 5.93. The van der Waals surface area contributed by atoms with Crippen LogP contribution in [0.4, 0.5) is 4.79 Å². The van der Waals surface area contributed by atoms with Gasteiger partial charge < -0.3 is 29.1 Å². The van der Waals surface area contributed by atoms with Crippen LogP contribution in [0.25, 0.3) is 10.9 Å². The Labute approximate surface area is 186 Å². The van der Waals surface area contributed by atoms with Gasteiger partial charge in [0.2, 0.25) is 0 Å². The fourth-order valence-electron chi connectivity index (χ4n) is 4.20. The highest BCUT2D eigenvalue weighted by Gasteiger charge is 2.22. The molecule has 8 nitrogen and oxygen atoms in total. The summed E-state index contributed by atoms with van der Waals surface area (Å²) in [5, 5.41) is 3.93. The molecule has 2 heterocycles. The lowest BCUT2D eigenvalue weighted by Gasteiger charge is -2.28. The van der Waals surface area contributed by atoms with Gasteiger partial charge in [-0.05, 0) is 37.1 Å². The summed E-state index contributed by atoms with van der Waals surface area (Å²) < 4.78 is 16.2. The largest absolute Gasteiger partial charge is 0.493 e. The van der Waals surface area contributed by atoms with E-state index in [-0.39, 0.29) is 30.7 Å². The van der Waals surface area contributed by atoms with E-state index in [1.165, 1.54) is 6.42 Å². The number of pyridine rings is 1. The Morgan fingerprint density at radius 3 is 2.56 bits per heavy atom.